The summed E-state index contributed by atoms with van der Waals surface area (Å²) in [5.41, 5.74) is 27.8. The lowest BCUT2D eigenvalue weighted by atomic mass is 9.33. The Morgan fingerprint density at radius 1 is 0.390 bits per heavy atom. The predicted molar refractivity (Wildman–Crippen MR) is 354 cm³/mol. The fourth-order valence-corrected chi connectivity index (χ4v) is 14.9. The molecule has 3 nitrogen and oxygen atoms in total. The highest BCUT2D eigenvalue weighted by molar-refractivity contribution is 7.00. The lowest BCUT2D eigenvalue weighted by molar-refractivity contribution is 0.215. The van der Waals surface area contributed by atoms with Gasteiger partial charge in [0, 0.05) is 50.8 Å². The first-order chi connectivity index (χ1) is 39.0. The van der Waals surface area contributed by atoms with Gasteiger partial charge < -0.3 is 14.7 Å². The van der Waals surface area contributed by atoms with Gasteiger partial charge in [-0.3, -0.25) is 0 Å². The first kappa shape index (κ1) is 53.7. The fraction of sp³-hybridized carbons (Fsp3) is 0.308. The van der Waals surface area contributed by atoms with Gasteiger partial charge in [0.05, 0.1) is 11.2 Å². The molecule has 3 aliphatic heterocycles. The SMILES string of the molecule is Cc1cc2c3c(c1)N(c1ccc(C(C)(C)C)cc1-c1ccccc1)c1cc(-c4ccccc4)ccc1B3c1ccc(N3c4ccc(C(C)(C)C)cc4C4(c5ccc(C(C)(C)C)cc5)CCCCC34C)cc1N2c1ccc(C(C)(C)C)cc1. The minimum Gasteiger partial charge on any atom is -0.334 e. The van der Waals surface area contributed by atoms with Crippen LogP contribution in [0.5, 0.6) is 0 Å². The van der Waals surface area contributed by atoms with Crippen LogP contribution in [0.2, 0.25) is 0 Å². The van der Waals surface area contributed by atoms with Gasteiger partial charge in [0.2, 0.25) is 0 Å². The predicted octanol–water partition coefficient (Wildman–Crippen LogP) is 19.4. The lowest BCUT2D eigenvalue weighted by Gasteiger charge is -2.52. The summed E-state index contributed by atoms with van der Waals surface area (Å²) in [6.07, 6.45) is 4.58. The molecule has 2 atom stereocenters. The number of nitrogens with zero attached hydrogens (tertiary/aromatic N) is 3. The second-order valence-electron chi connectivity index (χ2n) is 28.9. The van der Waals surface area contributed by atoms with Gasteiger partial charge in [0.15, 0.2) is 0 Å². The maximum Gasteiger partial charge on any atom is 0.252 e. The van der Waals surface area contributed by atoms with Gasteiger partial charge in [-0.25, -0.2) is 0 Å². The molecule has 4 aliphatic rings. The topological polar surface area (TPSA) is 9.72 Å². The molecule has 0 bridgehead atoms. The Bertz CT molecular complexity index is 3940. The zero-order chi connectivity index (χ0) is 57.5. The normalized spacial score (nSPS) is 18.4. The van der Waals surface area contributed by atoms with Crippen molar-refractivity contribution >= 4 is 68.6 Å². The first-order valence-corrected chi connectivity index (χ1v) is 30.4. The third-order valence-electron chi connectivity index (χ3n) is 19.4. The van der Waals surface area contributed by atoms with Crippen molar-refractivity contribution in [1.82, 2.24) is 0 Å². The van der Waals surface area contributed by atoms with Crippen LogP contribution in [-0.2, 0) is 27.1 Å². The van der Waals surface area contributed by atoms with E-state index in [0.717, 1.165) is 12.8 Å². The second-order valence-corrected chi connectivity index (χ2v) is 28.9. The summed E-state index contributed by atoms with van der Waals surface area (Å²) >= 11 is 0. The van der Waals surface area contributed by atoms with E-state index in [1.165, 1.54) is 136 Å². The summed E-state index contributed by atoms with van der Waals surface area (Å²) in [4.78, 5) is 8.08. The van der Waals surface area contributed by atoms with E-state index in [1.54, 1.807) is 0 Å². The standard InChI is InChI=1S/C78H82BN3/c1-51-45-70-72-71(46-51)81(66-41-34-58(75(8,9)10)48-62(66)53-25-19-16-20-26-53)68-47-54(52-23-17-15-18-24-52)27-39-64(68)79(72)65-40-38-61(50-69(65)80(70)60-36-32-56(33-37-60)74(5,6)7)82-67-42-35-59(76(11,12)13)49-63(67)78(44-22-21-43-77(78,82)14)57-30-28-55(29-31-57)73(2,3)4/h15-20,23-42,45-50H,21-22,43-44H2,1-14H3. The summed E-state index contributed by atoms with van der Waals surface area (Å²) < 4.78 is 0. The molecule has 82 heavy (non-hydrogen) atoms. The Kier molecular flexibility index (Phi) is 12.4. The van der Waals surface area contributed by atoms with Crippen LogP contribution < -0.4 is 31.1 Å². The van der Waals surface area contributed by atoms with Gasteiger partial charge in [-0.15, -0.1) is 0 Å². The third kappa shape index (κ3) is 8.51. The van der Waals surface area contributed by atoms with E-state index in [2.05, 4.69) is 306 Å². The highest BCUT2D eigenvalue weighted by Crippen LogP contribution is 2.64. The fourth-order valence-electron chi connectivity index (χ4n) is 14.9. The molecular formula is C78H82BN3. The number of hydrogen-bond donors (Lipinski definition) is 0. The van der Waals surface area contributed by atoms with Crippen molar-refractivity contribution in [1.29, 1.82) is 0 Å². The van der Waals surface area contributed by atoms with Crippen molar-refractivity contribution in [2.75, 3.05) is 14.7 Å². The maximum atomic E-state index is 2.82. The minimum atomic E-state index is -0.248. The monoisotopic (exact) mass is 1070 g/mol. The highest BCUT2D eigenvalue weighted by atomic mass is 15.3. The maximum absolute atomic E-state index is 2.82. The van der Waals surface area contributed by atoms with Gasteiger partial charge in [0.25, 0.3) is 6.71 Å². The summed E-state index contributed by atoms with van der Waals surface area (Å²) in [7, 11) is 0. The summed E-state index contributed by atoms with van der Waals surface area (Å²) in [5, 5.41) is 0. The quantitative estimate of drug-likeness (QED) is 0.154. The summed E-state index contributed by atoms with van der Waals surface area (Å²) in [6.45, 7) is 33.0. The Hall–Kier alpha value is -7.56. The molecule has 0 N–H and O–H groups in total. The van der Waals surface area contributed by atoms with Gasteiger partial charge in [-0.05, 0) is 181 Å². The number of hydrogen-bond acceptors (Lipinski definition) is 3. The van der Waals surface area contributed by atoms with E-state index < -0.39 is 0 Å². The van der Waals surface area contributed by atoms with Crippen LogP contribution >= 0.6 is 0 Å². The molecule has 0 saturated heterocycles. The largest absolute Gasteiger partial charge is 0.334 e. The molecule has 13 rings (SSSR count). The zero-order valence-corrected chi connectivity index (χ0v) is 51.2. The average molecular weight is 1070 g/mol. The van der Waals surface area contributed by atoms with Crippen molar-refractivity contribution in [3.05, 3.63) is 233 Å². The Morgan fingerprint density at radius 2 is 0.890 bits per heavy atom. The van der Waals surface area contributed by atoms with Gasteiger partial charge in [-0.2, -0.15) is 0 Å². The van der Waals surface area contributed by atoms with Crippen LogP contribution in [0, 0.1) is 6.92 Å². The van der Waals surface area contributed by atoms with Crippen molar-refractivity contribution in [2.45, 2.75) is 155 Å². The van der Waals surface area contributed by atoms with E-state index in [0.29, 0.717) is 0 Å². The van der Waals surface area contributed by atoms with Gasteiger partial charge in [-0.1, -0.05) is 229 Å². The van der Waals surface area contributed by atoms with Crippen molar-refractivity contribution in [2.24, 2.45) is 0 Å². The van der Waals surface area contributed by atoms with Crippen LogP contribution in [0.3, 0.4) is 0 Å². The molecule has 0 spiro atoms. The van der Waals surface area contributed by atoms with E-state index >= 15 is 0 Å². The number of fused-ring (bicyclic) bond motifs is 7. The Labute approximate surface area is 491 Å². The van der Waals surface area contributed by atoms with E-state index in [4.69, 9.17) is 0 Å². The molecule has 9 aromatic rings. The lowest BCUT2D eigenvalue weighted by Crippen LogP contribution is -2.61. The van der Waals surface area contributed by atoms with Crippen molar-refractivity contribution in [3.63, 3.8) is 0 Å². The van der Waals surface area contributed by atoms with E-state index in [-0.39, 0.29) is 39.3 Å². The second kappa shape index (κ2) is 19.0. The van der Waals surface area contributed by atoms with E-state index in [1.807, 2.05) is 0 Å². The molecule has 3 heterocycles. The molecule has 2 unspecified atom stereocenters. The smallest absolute Gasteiger partial charge is 0.252 e. The van der Waals surface area contributed by atoms with Gasteiger partial charge >= 0.3 is 0 Å². The molecule has 0 radical (unpaired) electrons. The first-order valence-electron chi connectivity index (χ1n) is 30.4. The van der Waals surface area contributed by atoms with Crippen LogP contribution in [0.1, 0.15) is 155 Å². The molecule has 4 heteroatoms. The third-order valence-corrected chi connectivity index (χ3v) is 19.4. The van der Waals surface area contributed by atoms with Gasteiger partial charge in [0.1, 0.15) is 0 Å². The average Bonchev–Trinajstić information content (AvgIpc) is 1.48. The molecule has 0 aromatic heterocycles. The van der Waals surface area contributed by atoms with Crippen molar-refractivity contribution < 1.29 is 0 Å². The number of rotatable bonds is 6. The number of benzene rings is 9. The van der Waals surface area contributed by atoms with Crippen LogP contribution in [0.4, 0.5) is 45.5 Å². The van der Waals surface area contributed by atoms with Crippen LogP contribution in [-0.4, -0.2) is 12.3 Å². The molecule has 1 saturated carbocycles. The van der Waals surface area contributed by atoms with Crippen LogP contribution in [0.25, 0.3) is 22.3 Å². The molecule has 0 amide bonds. The molecule has 9 aromatic carbocycles. The summed E-state index contributed by atoms with van der Waals surface area (Å²) in [6, 6.07) is 76.1. The van der Waals surface area contributed by atoms with E-state index in [9.17, 15) is 0 Å². The number of aryl methyl sites for hydroxylation is 1. The molecule has 1 aliphatic carbocycles. The molecular weight excluding hydrogens is 990 g/mol. The van der Waals surface area contributed by atoms with Crippen molar-refractivity contribution in [3.8, 4) is 22.3 Å². The molecule has 1 fully saturated rings. The zero-order valence-electron chi connectivity index (χ0n) is 51.2. The summed E-state index contributed by atoms with van der Waals surface area (Å²) in [5.74, 6) is 0. The highest BCUT2D eigenvalue weighted by Gasteiger charge is 2.61. The molecule has 412 valence electrons. The minimum absolute atomic E-state index is 0.00322. The Morgan fingerprint density at radius 3 is 1.50 bits per heavy atom. The van der Waals surface area contributed by atoms with Crippen LogP contribution in [0.15, 0.2) is 194 Å². The Balaban J connectivity index is 1.08. The number of anilines is 8.